The molecule has 34 heavy (non-hydrogen) atoms. The van der Waals surface area contributed by atoms with Crippen molar-refractivity contribution in [2.45, 2.75) is 12.6 Å². The number of amides is 2. The molecule has 0 aromatic heterocycles. The highest BCUT2D eigenvalue weighted by Gasteiger charge is 2.29. The van der Waals surface area contributed by atoms with Gasteiger partial charge in [-0.1, -0.05) is 30.3 Å². The summed E-state index contributed by atoms with van der Waals surface area (Å²) in [6, 6.07) is 20.8. The maximum Gasteiger partial charge on any atom is 0.254 e. The van der Waals surface area contributed by atoms with Crippen LogP contribution in [0.15, 0.2) is 72.8 Å². The van der Waals surface area contributed by atoms with Crippen LogP contribution in [0.25, 0.3) is 0 Å². The summed E-state index contributed by atoms with van der Waals surface area (Å²) in [7, 11) is 3.64. The molecule has 1 aliphatic heterocycles. The number of rotatable bonds is 6. The van der Waals surface area contributed by atoms with E-state index in [1.807, 2.05) is 30.1 Å². The maximum absolute atomic E-state index is 13.4. The lowest BCUT2D eigenvalue weighted by Crippen LogP contribution is -2.49. The van der Waals surface area contributed by atoms with Gasteiger partial charge >= 0.3 is 0 Å². The number of piperazine rings is 1. The van der Waals surface area contributed by atoms with Crippen molar-refractivity contribution >= 4 is 11.8 Å². The molecule has 1 atom stereocenters. The first kappa shape index (κ1) is 23.4. The van der Waals surface area contributed by atoms with E-state index in [1.165, 1.54) is 12.1 Å². The quantitative estimate of drug-likeness (QED) is 0.605. The van der Waals surface area contributed by atoms with Gasteiger partial charge in [0.05, 0.1) is 6.04 Å². The molecule has 0 aliphatic carbocycles. The molecule has 7 heteroatoms. The summed E-state index contributed by atoms with van der Waals surface area (Å²) < 4.78 is 19.2. The third-order valence-corrected chi connectivity index (χ3v) is 6.07. The van der Waals surface area contributed by atoms with Crippen LogP contribution >= 0.6 is 0 Å². The molecule has 1 heterocycles. The molecule has 3 aromatic rings. The number of hydrogen-bond donors (Lipinski definition) is 1. The second-order valence-electron chi connectivity index (χ2n) is 8.40. The molecule has 3 aromatic carbocycles. The van der Waals surface area contributed by atoms with E-state index in [0.717, 1.165) is 17.7 Å². The summed E-state index contributed by atoms with van der Waals surface area (Å²) in [5.41, 5.74) is 2.85. The number of carbonyl (C=O) groups excluding carboxylic acids is 2. The first-order valence-electron chi connectivity index (χ1n) is 11.2. The van der Waals surface area contributed by atoms with Gasteiger partial charge in [0.15, 0.2) is 0 Å². The molecule has 1 fully saturated rings. The Morgan fingerprint density at radius 2 is 1.76 bits per heavy atom. The molecule has 1 aliphatic rings. The molecule has 0 bridgehead atoms. The van der Waals surface area contributed by atoms with Crippen LogP contribution in [0.2, 0.25) is 0 Å². The van der Waals surface area contributed by atoms with E-state index in [9.17, 15) is 14.0 Å². The van der Waals surface area contributed by atoms with Crippen LogP contribution in [-0.2, 0) is 6.61 Å². The standard InChI is InChI=1S/C27H28FN3O3/c1-29-26(32)21-8-4-7-20(15-21)25-17-31(13-12-30(25)2)27(33)22-9-5-11-24(16-22)34-18-19-6-3-10-23(28)14-19/h3-11,14-16,25H,12-13,17-18H2,1-2H3,(H,29,32)/t25-/m1/s1. The van der Waals surface area contributed by atoms with E-state index in [0.29, 0.717) is 30.0 Å². The van der Waals surface area contributed by atoms with Gasteiger partial charge < -0.3 is 15.0 Å². The van der Waals surface area contributed by atoms with E-state index in [-0.39, 0.29) is 30.3 Å². The van der Waals surface area contributed by atoms with Gasteiger partial charge in [-0.2, -0.15) is 0 Å². The molecular weight excluding hydrogens is 433 g/mol. The summed E-state index contributed by atoms with van der Waals surface area (Å²) in [5.74, 6) is 0.0367. The van der Waals surface area contributed by atoms with Crippen LogP contribution in [0.3, 0.4) is 0 Å². The fourth-order valence-electron chi connectivity index (χ4n) is 4.14. The van der Waals surface area contributed by atoms with Crippen LogP contribution in [0, 0.1) is 5.82 Å². The Bertz CT molecular complexity index is 1180. The third kappa shape index (κ3) is 5.43. The lowest BCUT2D eigenvalue weighted by molar-refractivity contribution is 0.0545. The number of benzene rings is 3. The summed E-state index contributed by atoms with van der Waals surface area (Å²) in [4.78, 5) is 29.4. The average Bonchev–Trinajstić information content (AvgIpc) is 2.87. The van der Waals surface area contributed by atoms with E-state index in [1.54, 1.807) is 49.5 Å². The Balaban J connectivity index is 1.46. The third-order valence-electron chi connectivity index (χ3n) is 6.07. The average molecular weight is 462 g/mol. The van der Waals surface area contributed by atoms with Gasteiger partial charge in [-0.15, -0.1) is 0 Å². The zero-order valence-corrected chi connectivity index (χ0v) is 19.3. The summed E-state index contributed by atoms with van der Waals surface area (Å²) in [5, 5.41) is 2.65. The van der Waals surface area contributed by atoms with Gasteiger partial charge in [0.25, 0.3) is 11.8 Å². The van der Waals surface area contributed by atoms with E-state index < -0.39 is 0 Å². The van der Waals surface area contributed by atoms with Crippen molar-refractivity contribution in [3.63, 3.8) is 0 Å². The predicted octanol–water partition coefficient (Wildman–Crippen LogP) is 3.89. The van der Waals surface area contributed by atoms with Crippen molar-refractivity contribution in [2.24, 2.45) is 0 Å². The smallest absolute Gasteiger partial charge is 0.254 e. The molecule has 176 valence electrons. The van der Waals surface area contributed by atoms with Gasteiger partial charge in [-0.05, 0) is 60.6 Å². The summed E-state index contributed by atoms with van der Waals surface area (Å²) in [6.45, 7) is 2.06. The van der Waals surface area contributed by atoms with Gasteiger partial charge in [-0.25, -0.2) is 4.39 Å². The van der Waals surface area contributed by atoms with E-state index >= 15 is 0 Å². The Hall–Kier alpha value is -3.71. The minimum Gasteiger partial charge on any atom is -0.489 e. The lowest BCUT2D eigenvalue weighted by Gasteiger charge is -2.40. The zero-order valence-electron chi connectivity index (χ0n) is 19.3. The van der Waals surface area contributed by atoms with Crippen molar-refractivity contribution in [1.29, 1.82) is 0 Å². The largest absolute Gasteiger partial charge is 0.489 e. The van der Waals surface area contributed by atoms with Crippen molar-refractivity contribution in [1.82, 2.24) is 15.1 Å². The minimum atomic E-state index is -0.310. The topological polar surface area (TPSA) is 61.9 Å². The number of halogens is 1. The molecule has 0 spiro atoms. The number of ether oxygens (including phenoxy) is 1. The molecule has 6 nitrogen and oxygen atoms in total. The Labute approximate surface area is 198 Å². The summed E-state index contributed by atoms with van der Waals surface area (Å²) >= 11 is 0. The Morgan fingerprint density at radius 3 is 2.56 bits per heavy atom. The van der Waals surface area contributed by atoms with Crippen molar-refractivity contribution in [3.05, 3.63) is 101 Å². The van der Waals surface area contributed by atoms with Crippen molar-refractivity contribution in [3.8, 4) is 5.75 Å². The normalized spacial score (nSPS) is 16.2. The molecule has 1 saturated heterocycles. The highest BCUT2D eigenvalue weighted by molar-refractivity contribution is 5.95. The Morgan fingerprint density at radius 1 is 1.00 bits per heavy atom. The van der Waals surface area contributed by atoms with Crippen LogP contribution < -0.4 is 10.1 Å². The van der Waals surface area contributed by atoms with Crippen molar-refractivity contribution in [2.75, 3.05) is 33.7 Å². The maximum atomic E-state index is 13.4. The summed E-state index contributed by atoms with van der Waals surface area (Å²) in [6.07, 6.45) is 0. The second-order valence-corrected chi connectivity index (χ2v) is 8.40. The molecule has 2 amide bonds. The van der Waals surface area contributed by atoms with E-state index in [2.05, 4.69) is 10.2 Å². The number of hydrogen-bond acceptors (Lipinski definition) is 4. The predicted molar refractivity (Wildman–Crippen MR) is 128 cm³/mol. The van der Waals surface area contributed by atoms with Crippen LogP contribution in [-0.4, -0.2) is 55.3 Å². The fourth-order valence-corrected chi connectivity index (χ4v) is 4.14. The molecule has 4 rings (SSSR count). The van der Waals surface area contributed by atoms with Crippen molar-refractivity contribution < 1.29 is 18.7 Å². The Kier molecular flexibility index (Phi) is 7.23. The molecular formula is C27H28FN3O3. The molecule has 0 saturated carbocycles. The zero-order chi connectivity index (χ0) is 24.1. The first-order chi connectivity index (χ1) is 16.4. The van der Waals surface area contributed by atoms with Crippen LogP contribution in [0.1, 0.15) is 37.9 Å². The highest BCUT2D eigenvalue weighted by atomic mass is 19.1. The molecule has 0 radical (unpaired) electrons. The highest BCUT2D eigenvalue weighted by Crippen LogP contribution is 2.26. The monoisotopic (exact) mass is 461 g/mol. The number of carbonyl (C=O) groups is 2. The van der Waals surface area contributed by atoms with Gasteiger partial charge in [-0.3, -0.25) is 14.5 Å². The lowest BCUT2D eigenvalue weighted by atomic mass is 9.99. The second kappa shape index (κ2) is 10.5. The fraction of sp³-hybridized carbons (Fsp3) is 0.259. The number of likely N-dealkylation sites (N-methyl/N-ethyl adjacent to an activating group) is 1. The molecule has 0 unspecified atom stereocenters. The SMILES string of the molecule is CNC(=O)c1cccc([C@H]2CN(C(=O)c3cccc(OCc4cccc(F)c4)c3)CCN2C)c1. The van der Waals surface area contributed by atoms with Gasteiger partial charge in [0.1, 0.15) is 18.2 Å². The number of nitrogens with zero attached hydrogens (tertiary/aromatic N) is 2. The van der Waals surface area contributed by atoms with E-state index in [4.69, 9.17) is 4.74 Å². The molecule has 1 N–H and O–H groups in total. The van der Waals surface area contributed by atoms with Crippen LogP contribution in [0.5, 0.6) is 5.75 Å². The minimum absolute atomic E-state index is 0.0188. The van der Waals surface area contributed by atoms with Gasteiger partial charge in [0, 0.05) is 37.8 Å². The van der Waals surface area contributed by atoms with Crippen LogP contribution in [0.4, 0.5) is 4.39 Å². The van der Waals surface area contributed by atoms with Gasteiger partial charge in [0.2, 0.25) is 0 Å². The first-order valence-corrected chi connectivity index (χ1v) is 11.2. The number of nitrogens with one attached hydrogen (secondary N) is 1.